The van der Waals surface area contributed by atoms with E-state index in [1.807, 2.05) is 0 Å². The van der Waals surface area contributed by atoms with Crippen LogP contribution in [-0.2, 0) is 0 Å². The summed E-state index contributed by atoms with van der Waals surface area (Å²) in [6, 6.07) is 5.68. The highest BCUT2D eigenvalue weighted by molar-refractivity contribution is 7.71. The van der Waals surface area contributed by atoms with Gasteiger partial charge in [-0.3, -0.25) is 9.36 Å². The normalized spacial score (nSPS) is 11.8. The van der Waals surface area contributed by atoms with Crippen LogP contribution in [0.5, 0.6) is 5.75 Å². The summed E-state index contributed by atoms with van der Waals surface area (Å²) >= 11 is 6.55. The van der Waals surface area contributed by atoms with Crippen molar-refractivity contribution in [1.82, 2.24) is 9.55 Å². The van der Waals surface area contributed by atoms with Gasteiger partial charge in [0.1, 0.15) is 5.75 Å². The highest BCUT2D eigenvalue weighted by atomic mass is 32.1. The summed E-state index contributed by atoms with van der Waals surface area (Å²) in [6.45, 7) is -1.37. The predicted molar refractivity (Wildman–Crippen MR) is 84.2 cm³/mol. The molecule has 2 aromatic heterocycles. The summed E-state index contributed by atoms with van der Waals surface area (Å²) in [5.41, 5.74) is 0.823. The molecular formula is C14H9F3N2O2S2. The fraction of sp³-hybridized carbons (Fsp3) is 0.143. The van der Waals surface area contributed by atoms with E-state index in [2.05, 4.69) is 9.72 Å². The number of fused-ring (bicyclic) bond motifs is 1. The van der Waals surface area contributed by atoms with Crippen LogP contribution in [0, 0.1) is 4.77 Å². The van der Waals surface area contributed by atoms with Crippen LogP contribution >= 0.6 is 23.6 Å². The van der Waals surface area contributed by atoms with Crippen LogP contribution in [0.2, 0.25) is 0 Å². The minimum atomic E-state index is -4.40. The number of benzene rings is 1. The maximum atomic E-state index is 12.5. The fourth-order valence-corrected chi connectivity index (χ4v) is 3.09. The maximum absolute atomic E-state index is 12.5. The molecule has 9 heteroatoms. The van der Waals surface area contributed by atoms with Gasteiger partial charge in [-0.05, 0) is 36.5 Å². The predicted octanol–water partition coefficient (Wildman–Crippen LogP) is 4.05. The van der Waals surface area contributed by atoms with Crippen molar-refractivity contribution < 1.29 is 17.9 Å². The maximum Gasteiger partial charge on any atom is 0.422 e. The van der Waals surface area contributed by atoms with Gasteiger partial charge in [-0.25, -0.2) is 0 Å². The molecule has 0 bridgehead atoms. The molecule has 0 aliphatic carbocycles. The standard InChI is InChI=1S/C14H9F3N2O2S2/c15-14(16,17)7-21-9-3-1-8(2-4-9)19-12(20)10-5-23-6-11(10)18-13(19)22/h1-6H,7H2,(H,18,22). The van der Waals surface area contributed by atoms with Crippen LogP contribution in [0.4, 0.5) is 13.2 Å². The molecule has 3 rings (SSSR count). The van der Waals surface area contributed by atoms with Gasteiger partial charge in [-0.1, -0.05) is 0 Å². The Morgan fingerprint density at radius 2 is 1.91 bits per heavy atom. The second kappa shape index (κ2) is 5.82. The zero-order valence-corrected chi connectivity index (χ0v) is 13.0. The van der Waals surface area contributed by atoms with Crippen molar-refractivity contribution in [3.05, 3.63) is 50.2 Å². The molecule has 0 saturated carbocycles. The Kier molecular flexibility index (Phi) is 3.99. The van der Waals surface area contributed by atoms with Crippen molar-refractivity contribution >= 4 is 34.5 Å². The number of ether oxygens (including phenoxy) is 1. The second-order valence-corrected chi connectivity index (χ2v) is 5.80. The molecule has 0 spiro atoms. The van der Waals surface area contributed by atoms with Crippen molar-refractivity contribution in [2.24, 2.45) is 0 Å². The third kappa shape index (κ3) is 3.30. The number of thiophene rings is 1. The quantitative estimate of drug-likeness (QED) is 0.719. The van der Waals surface area contributed by atoms with Crippen LogP contribution in [-0.4, -0.2) is 22.3 Å². The average Bonchev–Trinajstić information content (AvgIpc) is 2.94. The van der Waals surface area contributed by atoms with Gasteiger partial charge in [0.15, 0.2) is 11.4 Å². The minimum Gasteiger partial charge on any atom is -0.484 e. The molecule has 23 heavy (non-hydrogen) atoms. The van der Waals surface area contributed by atoms with Gasteiger partial charge in [0.25, 0.3) is 5.56 Å². The average molecular weight is 358 g/mol. The number of aromatic amines is 1. The zero-order chi connectivity index (χ0) is 16.6. The smallest absolute Gasteiger partial charge is 0.422 e. The fourth-order valence-electron chi connectivity index (χ4n) is 2.03. The summed E-state index contributed by atoms with van der Waals surface area (Å²) in [5, 5.41) is 3.99. The third-order valence-electron chi connectivity index (χ3n) is 3.04. The molecule has 0 radical (unpaired) electrons. The molecule has 0 fully saturated rings. The van der Waals surface area contributed by atoms with Gasteiger partial charge in [0, 0.05) is 10.8 Å². The number of nitrogens with one attached hydrogen (secondary N) is 1. The SMILES string of the molecule is O=c1c2cscc2[nH]c(=S)n1-c1ccc(OCC(F)(F)F)cc1. The summed E-state index contributed by atoms with van der Waals surface area (Å²) in [5.74, 6) is 0.0608. The Balaban J connectivity index is 1.97. The topological polar surface area (TPSA) is 47.0 Å². The molecule has 1 aromatic carbocycles. The van der Waals surface area contributed by atoms with Gasteiger partial charge in [-0.2, -0.15) is 13.2 Å². The lowest BCUT2D eigenvalue weighted by Gasteiger charge is -2.10. The van der Waals surface area contributed by atoms with E-state index in [0.29, 0.717) is 16.6 Å². The number of rotatable bonds is 3. The van der Waals surface area contributed by atoms with Crippen molar-refractivity contribution in [2.75, 3.05) is 6.61 Å². The van der Waals surface area contributed by atoms with Crippen molar-refractivity contribution in [3.63, 3.8) is 0 Å². The number of hydrogen-bond acceptors (Lipinski definition) is 4. The van der Waals surface area contributed by atoms with E-state index in [-0.39, 0.29) is 16.1 Å². The van der Waals surface area contributed by atoms with Crippen molar-refractivity contribution in [3.8, 4) is 11.4 Å². The molecule has 1 N–H and O–H groups in total. The van der Waals surface area contributed by atoms with Gasteiger partial charge in [0.05, 0.1) is 16.6 Å². The van der Waals surface area contributed by atoms with Gasteiger partial charge < -0.3 is 9.72 Å². The van der Waals surface area contributed by atoms with E-state index in [0.717, 1.165) is 0 Å². The lowest BCUT2D eigenvalue weighted by molar-refractivity contribution is -0.153. The summed E-state index contributed by atoms with van der Waals surface area (Å²) in [4.78, 5) is 15.4. The van der Waals surface area contributed by atoms with Crippen LogP contribution < -0.4 is 10.3 Å². The molecule has 0 atom stereocenters. The van der Waals surface area contributed by atoms with E-state index in [9.17, 15) is 18.0 Å². The number of alkyl halides is 3. The van der Waals surface area contributed by atoms with E-state index >= 15 is 0 Å². The Bertz CT molecular complexity index is 955. The first kappa shape index (κ1) is 15.8. The molecule has 4 nitrogen and oxygen atoms in total. The Morgan fingerprint density at radius 1 is 1.22 bits per heavy atom. The first-order chi connectivity index (χ1) is 10.8. The molecule has 3 aromatic rings. The number of hydrogen-bond donors (Lipinski definition) is 1. The van der Waals surface area contributed by atoms with E-state index in [1.54, 1.807) is 10.8 Å². The molecular weight excluding hydrogens is 349 g/mol. The molecule has 0 saturated heterocycles. The number of halogens is 3. The lowest BCUT2D eigenvalue weighted by atomic mass is 10.3. The van der Waals surface area contributed by atoms with Gasteiger partial charge >= 0.3 is 6.18 Å². The molecule has 2 heterocycles. The summed E-state index contributed by atoms with van der Waals surface area (Å²) < 4.78 is 42.5. The molecule has 120 valence electrons. The van der Waals surface area contributed by atoms with E-state index in [4.69, 9.17) is 12.2 Å². The first-order valence-electron chi connectivity index (χ1n) is 6.36. The molecule has 0 aliphatic heterocycles. The molecule has 0 aliphatic rings. The summed E-state index contributed by atoms with van der Waals surface area (Å²) in [7, 11) is 0. The van der Waals surface area contributed by atoms with Gasteiger partial charge in [-0.15, -0.1) is 11.3 Å². The zero-order valence-electron chi connectivity index (χ0n) is 11.4. The first-order valence-corrected chi connectivity index (χ1v) is 7.71. The Labute approximate surface area is 136 Å². The monoisotopic (exact) mass is 358 g/mol. The number of aromatic nitrogens is 2. The van der Waals surface area contributed by atoms with E-state index in [1.165, 1.54) is 40.2 Å². The molecule has 0 unspecified atom stereocenters. The highest BCUT2D eigenvalue weighted by Crippen LogP contribution is 2.20. The summed E-state index contributed by atoms with van der Waals surface area (Å²) in [6.07, 6.45) is -4.40. The minimum absolute atomic E-state index is 0.0608. The van der Waals surface area contributed by atoms with E-state index < -0.39 is 12.8 Å². The molecule has 0 amide bonds. The van der Waals surface area contributed by atoms with Crippen LogP contribution in [0.1, 0.15) is 0 Å². The second-order valence-electron chi connectivity index (χ2n) is 4.67. The largest absolute Gasteiger partial charge is 0.484 e. The highest BCUT2D eigenvalue weighted by Gasteiger charge is 2.28. The van der Waals surface area contributed by atoms with Crippen LogP contribution in [0.15, 0.2) is 39.8 Å². The Morgan fingerprint density at radius 3 is 2.57 bits per heavy atom. The number of H-pyrrole nitrogens is 1. The lowest BCUT2D eigenvalue weighted by Crippen LogP contribution is -2.20. The number of nitrogens with zero attached hydrogens (tertiary/aromatic N) is 1. The Hall–Kier alpha value is -2.13. The van der Waals surface area contributed by atoms with Gasteiger partial charge in [0.2, 0.25) is 0 Å². The third-order valence-corrected chi connectivity index (χ3v) is 4.07. The van der Waals surface area contributed by atoms with Crippen molar-refractivity contribution in [1.29, 1.82) is 0 Å². The van der Waals surface area contributed by atoms with Crippen LogP contribution in [0.3, 0.4) is 0 Å². The van der Waals surface area contributed by atoms with Crippen molar-refractivity contribution in [2.45, 2.75) is 6.18 Å². The van der Waals surface area contributed by atoms with Crippen LogP contribution in [0.25, 0.3) is 16.6 Å².